The Morgan fingerprint density at radius 1 is 0.615 bits per heavy atom. The lowest BCUT2D eigenvalue weighted by atomic mass is 10.2. The Balaban J connectivity index is 2.10. The molecule has 0 saturated heterocycles. The summed E-state index contributed by atoms with van der Waals surface area (Å²) in [6.45, 7) is 0. The fourth-order valence-electron chi connectivity index (χ4n) is 2.70. The third-order valence-corrected chi connectivity index (χ3v) is 4.71. The summed E-state index contributed by atoms with van der Waals surface area (Å²) in [7, 11) is 4.99. The van der Waals surface area contributed by atoms with Crippen LogP contribution in [-0.2, 0) is 0 Å². The number of benzene rings is 3. The van der Waals surface area contributed by atoms with E-state index < -0.39 is 0 Å². The van der Waals surface area contributed by atoms with Crippen molar-refractivity contribution in [1.82, 2.24) is 0 Å². The minimum Gasteiger partial charge on any atom is -0.497 e. The molecule has 5 heteroatoms. The minimum absolute atomic E-state index is 0.773. The second-order valence-electron chi connectivity index (χ2n) is 5.55. The van der Waals surface area contributed by atoms with Crippen molar-refractivity contribution in [3.05, 3.63) is 71.2 Å². The molecule has 0 spiro atoms. The number of nitrogens with zero attached hydrogens (tertiary/aromatic N) is 1. The zero-order chi connectivity index (χ0) is 18.5. The van der Waals surface area contributed by atoms with Crippen LogP contribution in [0.3, 0.4) is 0 Å². The van der Waals surface area contributed by atoms with Gasteiger partial charge in [-0.1, -0.05) is 0 Å². The number of hydrogen-bond acceptors (Lipinski definition) is 4. The Bertz CT molecular complexity index is 816. The predicted octanol–water partition coefficient (Wildman–Crippen LogP) is 5.94. The van der Waals surface area contributed by atoms with Crippen LogP contribution in [0.25, 0.3) is 0 Å². The van der Waals surface area contributed by atoms with Crippen LogP contribution < -0.4 is 19.1 Å². The predicted molar refractivity (Wildman–Crippen MR) is 108 cm³/mol. The van der Waals surface area contributed by atoms with E-state index in [4.69, 9.17) is 14.2 Å². The van der Waals surface area contributed by atoms with Gasteiger partial charge < -0.3 is 19.1 Å². The molecule has 0 saturated carbocycles. The first-order valence-electron chi connectivity index (χ1n) is 8.08. The first-order chi connectivity index (χ1) is 12.7. The van der Waals surface area contributed by atoms with Crippen molar-refractivity contribution in [2.75, 3.05) is 26.2 Å². The highest BCUT2D eigenvalue weighted by Gasteiger charge is 2.14. The van der Waals surface area contributed by atoms with Gasteiger partial charge in [0.1, 0.15) is 17.2 Å². The van der Waals surface area contributed by atoms with Crippen molar-refractivity contribution in [2.45, 2.75) is 0 Å². The van der Waals surface area contributed by atoms with E-state index in [1.54, 1.807) is 21.3 Å². The lowest BCUT2D eigenvalue weighted by Crippen LogP contribution is -2.10. The van der Waals surface area contributed by atoms with Crippen LogP contribution in [-0.4, -0.2) is 21.3 Å². The van der Waals surface area contributed by atoms with E-state index in [1.807, 2.05) is 66.7 Å². The fourth-order valence-corrected chi connectivity index (χ4v) is 3.11. The molecule has 0 aromatic heterocycles. The molecule has 0 aliphatic rings. The maximum absolute atomic E-state index is 5.47. The van der Waals surface area contributed by atoms with Gasteiger partial charge in [0.2, 0.25) is 0 Å². The summed E-state index contributed by atoms with van der Waals surface area (Å²) in [5.74, 6) is 2.41. The van der Waals surface area contributed by atoms with Crippen LogP contribution >= 0.6 is 15.9 Å². The number of halogens is 1. The van der Waals surface area contributed by atoms with Crippen LogP contribution in [0.5, 0.6) is 17.2 Å². The smallest absolute Gasteiger partial charge is 0.135 e. The van der Waals surface area contributed by atoms with Gasteiger partial charge in [0.25, 0.3) is 0 Å². The van der Waals surface area contributed by atoms with Crippen LogP contribution in [0, 0.1) is 0 Å². The van der Waals surface area contributed by atoms with Gasteiger partial charge >= 0.3 is 0 Å². The second kappa shape index (κ2) is 8.15. The molecule has 3 rings (SSSR count). The molecular weight excluding hydrogens is 394 g/mol. The second-order valence-corrected chi connectivity index (χ2v) is 6.40. The Morgan fingerprint density at radius 2 is 1.08 bits per heavy atom. The Labute approximate surface area is 162 Å². The maximum atomic E-state index is 5.47. The zero-order valence-corrected chi connectivity index (χ0v) is 16.5. The molecule has 0 radical (unpaired) electrons. The number of hydrogen-bond donors (Lipinski definition) is 0. The highest BCUT2D eigenvalue weighted by Crippen LogP contribution is 2.39. The topological polar surface area (TPSA) is 30.9 Å². The summed E-state index contributed by atoms with van der Waals surface area (Å²) >= 11 is 3.51. The van der Waals surface area contributed by atoms with E-state index >= 15 is 0 Å². The third kappa shape index (κ3) is 3.78. The van der Waals surface area contributed by atoms with Crippen LogP contribution in [0.4, 0.5) is 17.1 Å². The Morgan fingerprint density at radius 3 is 1.50 bits per heavy atom. The summed E-state index contributed by atoms with van der Waals surface area (Å²) in [5.41, 5.74) is 3.01. The molecule has 26 heavy (non-hydrogen) atoms. The minimum atomic E-state index is 0.773. The highest BCUT2D eigenvalue weighted by molar-refractivity contribution is 9.10. The summed E-state index contributed by atoms with van der Waals surface area (Å²) in [5, 5.41) is 0. The molecule has 0 atom stereocenters. The van der Waals surface area contributed by atoms with Crippen molar-refractivity contribution in [2.24, 2.45) is 0 Å². The molecule has 3 aromatic carbocycles. The van der Waals surface area contributed by atoms with E-state index in [2.05, 4.69) is 20.8 Å². The van der Waals surface area contributed by atoms with Gasteiger partial charge in [-0.05, 0) is 76.6 Å². The maximum Gasteiger partial charge on any atom is 0.135 e. The number of ether oxygens (including phenoxy) is 3. The molecule has 134 valence electrons. The number of rotatable bonds is 6. The van der Waals surface area contributed by atoms with E-state index in [1.165, 1.54) is 0 Å². The Kier molecular flexibility index (Phi) is 5.68. The average molecular weight is 414 g/mol. The SMILES string of the molecule is COc1ccc(N(c2ccc(OC)cc2)c2ccc(Br)c(OC)c2)cc1. The molecular formula is C21H20BrNO3. The van der Waals surface area contributed by atoms with Gasteiger partial charge in [0, 0.05) is 23.1 Å². The quantitative estimate of drug-likeness (QED) is 0.499. The van der Waals surface area contributed by atoms with Gasteiger partial charge in [0.05, 0.1) is 25.8 Å². The highest BCUT2D eigenvalue weighted by atomic mass is 79.9. The monoisotopic (exact) mass is 413 g/mol. The van der Waals surface area contributed by atoms with Crippen molar-refractivity contribution in [1.29, 1.82) is 0 Å². The molecule has 4 nitrogen and oxygen atoms in total. The lowest BCUT2D eigenvalue weighted by molar-refractivity contribution is 0.412. The molecule has 0 unspecified atom stereocenters. The molecule has 0 bridgehead atoms. The standard InChI is InChI=1S/C21H20BrNO3/c1-24-18-9-4-15(5-10-18)23(16-6-11-19(25-2)12-7-16)17-8-13-20(22)21(14-17)26-3/h4-14H,1-3H3. The summed E-state index contributed by atoms with van der Waals surface area (Å²) in [4.78, 5) is 2.15. The van der Waals surface area contributed by atoms with E-state index in [0.717, 1.165) is 38.8 Å². The average Bonchev–Trinajstić information content (AvgIpc) is 2.70. The van der Waals surface area contributed by atoms with Gasteiger partial charge in [-0.2, -0.15) is 0 Å². The van der Waals surface area contributed by atoms with Gasteiger partial charge in [-0.3, -0.25) is 0 Å². The molecule has 0 fully saturated rings. The molecule has 0 amide bonds. The van der Waals surface area contributed by atoms with Crippen LogP contribution in [0.1, 0.15) is 0 Å². The van der Waals surface area contributed by atoms with Crippen LogP contribution in [0.15, 0.2) is 71.2 Å². The first-order valence-corrected chi connectivity index (χ1v) is 8.87. The Hall–Kier alpha value is -2.66. The van der Waals surface area contributed by atoms with Gasteiger partial charge in [-0.15, -0.1) is 0 Å². The van der Waals surface area contributed by atoms with Crippen molar-refractivity contribution >= 4 is 33.0 Å². The first kappa shape index (κ1) is 18.1. The zero-order valence-electron chi connectivity index (χ0n) is 14.9. The van der Waals surface area contributed by atoms with Crippen molar-refractivity contribution in [3.63, 3.8) is 0 Å². The van der Waals surface area contributed by atoms with Crippen molar-refractivity contribution < 1.29 is 14.2 Å². The summed E-state index contributed by atoms with van der Waals surface area (Å²) in [6, 6.07) is 21.9. The largest absolute Gasteiger partial charge is 0.497 e. The number of anilines is 3. The van der Waals surface area contributed by atoms with Gasteiger partial charge in [0.15, 0.2) is 0 Å². The van der Waals surface area contributed by atoms with Crippen molar-refractivity contribution in [3.8, 4) is 17.2 Å². The van der Waals surface area contributed by atoms with E-state index in [9.17, 15) is 0 Å². The molecule has 3 aromatic rings. The lowest BCUT2D eigenvalue weighted by Gasteiger charge is -2.26. The summed E-state index contributed by atoms with van der Waals surface area (Å²) < 4.78 is 16.9. The molecule has 0 heterocycles. The summed E-state index contributed by atoms with van der Waals surface area (Å²) in [6.07, 6.45) is 0. The van der Waals surface area contributed by atoms with Crippen LogP contribution in [0.2, 0.25) is 0 Å². The molecule has 0 aliphatic heterocycles. The number of methoxy groups -OCH3 is 3. The van der Waals surface area contributed by atoms with E-state index in [0.29, 0.717) is 0 Å². The molecule has 0 N–H and O–H groups in total. The third-order valence-electron chi connectivity index (χ3n) is 4.05. The van der Waals surface area contributed by atoms with E-state index in [-0.39, 0.29) is 0 Å². The van der Waals surface area contributed by atoms with Gasteiger partial charge in [-0.25, -0.2) is 0 Å². The molecule has 0 aliphatic carbocycles. The fraction of sp³-hybridized carbons (Fsp3) is 0.143. The normalized spacial score (nSPS) is 10.3.